The lowest BCUT2D eigenvalue weighted by molar-refractivity contribution is 0.102. The first-order valence-corrected chi connectivity index (χ1v) is 8.88. The summed E-state index contributed by atoms with van der Waals surface area (Å²) in [6.45, 7) is 0. The van der Waals surface area contributed by atoms with E-state index < -0.39 is 11.7 Å². The minimum atomic E-state index is -0.516. The van der Waals surface area contributed by atoms with Gasteiger partial charge in [-0.15, -0.1) is 0 Å². The Morgan fingerprint density at radius 3 is 2.39 bits per heavy atom. The molecule has 0 unspecified atom stereocenters. The summed E-state index contributed by atoms with van der Waals surface area (Å²) in [5.74, 6) is -1.31. The summed E-state index contributed by atoms with van der Waals surface area (Å²) in [7, 11) is 0. The third-order valence-electron chi connectivity index (χ3n) is 4.35. The van der Waals surface area contributed by atoms with Gasteiger partial charge in [0.15, 0.2) is 0 Å². The number of H-pyrrole nitrogens is 1. The van der Waals surface area contributed by atoms with Gasteiger partial charge in [-0.25, -0.2) is 4.39 Å². The van der Waals surface area contributed by atoms with E-state index in [2.05, 4.69) is 10.3 Å². The van der Waals surface area contributed by atoms with Crippen LogP contribution in [-0.2, 0) is 0 Å². The molecule has 1 amide bonds. The van der Waals surface area contributed by atoms with Crippen LogP contribution in [0.2, 0.25) is 5.02 Å². The third-order valence-corrected chi connectivity index (χ3v) is 4.58. The molecule has 138 valence electrons. The van der Waals surface area contributed by atoms with E-state index in [4.69, 9.17) is 11.6 Å². The Balaban J connectivity index is 1.81. The van der Waals surface area contributed by atoms with Crippen molar-refractivity contribution in [2.24, 2.45) is 0 Å². The van der Waals surface area contributed by atoms with Gasteiger partial charge in [0.05, 0.1) is 5.69 Å². The van der Waals surface area contributed by atoms with Crippen molar-refractivity contribution in [3.8, 4) is 0 Å². The van der Waals surface area contributed by atoms with Gasteiger partial charge in [-0.2, -0.15) is 0 Å². The van der Waals surface area contributed by atoms with E-state index in [-0.39, 0.29) is 17.0 Å². The van der Waals surface area contributed by atoms with Gasteiger partial charge in [0.2, 0.25) is 5.78 Å². The van der Waals surface area contributed by atoms with Crippen LogP contribution in [0.3, 0.4) is 0 Å². The summed E-state index contributed by atoms with van der Waals surface area (Å²) in [5.41, 5.74) is 1.80. The van der Waals surface area contributed by atoms with Crippen LogP contribution in [0, 0.1) is 5.82 Å². The van der Waals surface area contributed by atoms with Crippen LogP contribution in [0.4, 0.5) is 10.1 Å². The molecule has 4 nitrogen and oxygen atoms in total. The van der Waals surface area contributed by atoms with Crippen molar-refractivity contribution in [2.45, 2.75) is 0 Å². The average Bonchev–Trinajstić information content (AvgIpc) is 3.05. The van der Waals surface area contributed by atoms with Gasteiger partial charge in [0, 0.05) is 27.1 Å². The Kier molecular flexibility index (Phi) is 4.67. The second-order valence-corrected chi connectivity index (χ2v) is 6.66. The number of carbonyl (C=O) groups is 2. The first-order chi connectivity index (χ1) is 13.5. The van der Waals surface area contributed by atoms with Crippen LogP contribution in [0.15, 0.2) is 72.8 Å². The summed E-state index contributed by atoms with van der Waals surface area (Å²) in [4.78, 5) is 28.7. The van der Waals surface area contributed by atoms with Crippen LogP contribution in [0.25, 0.3) is 10.9 Å². The molecule has 2 N–H and O–H groups in total. The Labute approximate surface area is 165 Å². The second kappa shape index (κ2) is 7.29. The van der Waals surface area contributed by atoms with Gasteiger partial charge in [-0.3, -0.25) is 9.59 Å². The number of halogens is 2. The highest BCUT2D eigenvalue weighted by Crippen LogP contribution is 2.31. The molecule has 3 aromatic carbocycles. The van der Waals surface area contributed by atoms with Gasteiger partial charge in [0.1, 0.15) is 11.5 Å². The van der Waals surface area contributed by atoms with Crippen molar-refractivity contribution in [3.63, 3.8) is 0 Å². The lowest BCUT2D eigenvalue weighted by atomic mass is 10.1. The highest BCUT2D eigenvalue weighted by atomic mass is 35.5. The molecule has 28 heavy (non-hydrogen) atoms. The van der Waals surface area contributed by atoms with E-state index in [0.29, 0.717) is 27.2 Å². The highest BCUT2D eigenvalue weighted by Gasteiger charge is 2.21. The number of amides is 1. The zero-order valence-electron chi connectivity index (χ0n) is 14.5. The minimum absolute atomic E-state index is 0.154. The molecule has 0 atom stereocenters. The lowest BCUT2D eigenvalue weighted by Gasteiger charge is -2.08. The van der Waals surface area contributed by atoms with E-state index in [1.54, 1.807) is 42.5 Å². The van der Waals surface area contributed by atoms with Crippen molar-refractivity contribution in [1.29, 1.82) is 0 Å². The molecule has 0 saturated heterocycles. The number of fused-ring (bicyclic) bond motifs is 1. The maximum atomic E-state index is 13.5. The van der Waals surface area contributed by atoms with Crippen LogP contribution < -0.4 is 5.32 Å². The van der Waals surface area contributed by atoms with Crippen molar-refractivity contribution in [2.75, 3.05) is 5.32 Å². The molecule has 0 aliphatic heterocycles. The molecular weight excluding hydrogens is 379 g/mol. The summed E-state index contributed by atoms with van der Waals surface area (Å²) in [5, 5.41) is 3.88. The first-order valence-electron chi connectivity index (χ1n) is 8.51. The molecule has 1 heterocycles. The molecule has 4 aromatic rings. The topological polar surface area (TPSA) is 62.0 Å². The molecule has 0 bridgehead atoms. The Morgan fingerprint density at radius 1 is 0.893 bits per heavy atom. The van der Waals surface area contributed by atoms with E-state index in [1.807, 2.05) is 6.07 Å². The number of hydrogen-bond acceptors (Lipinski definition) is 2. The molecule has 0 aliphatic rings. The van der Waals surface area contributed by atoms with Gasteiger partial charge in [-0.05, 0) is 36.4 Å². The summed E-state index contributed by atoms with van der Waals surface area (Å²) in [6, 6.07) is 19.1. The number of rotatable bonds is 4. The first kappa shape index (κ1) is 17.9. The van der Waals surface area contributed by atoms with Gasteiger partial charge < -0.3 is 10.3 Å². The van der Waals surface area contributed by atoms with E-state index in [9.17, 15) is 14.0 Å². The van der Waals surface area contributed by atoms with Crippen molar-refractivity contribution in [3.05, 3.63) is 100 Å². The zero-order chi connectivity index (χ0) is 19.7. The van der Waals surface area contributed by atoms with Crippen LogP contribution >= 0.6 is 11.6 Å². The quantitative estimate of drug-likeness (QED) is 0.454. The SMILES string of the molecule is O=C(Nc1c(C(=O)c2ccccc2)[nH]c2cc(Cl)ccc12)c1cccc(F)c1. The third kappa shape index (κ3) is 3.40. The predicted octanol–water partition coefficient (Wildman–Crippen LogP) is 5.44. The van der Waals surface area contributed by atoms with Crippen molar-refractivity contribution < 1.29 is 14.0 Å². The van der Waals surface area contributed by atoms with E-state index >= 15 is 0 Å². The number of aromatic nitrogens is 1. The smallest absolute Gasteiger partial charge is 0.255 e. The molecule has 0 radical (unpaired) electrons. The zero-order valence-corrected chi connectivity index (χ0v) is 15.3. The normalized spacial score (nSPS) is 10.8. The van der Waals surface area contributed by atoms with Crippen LogP contribution in [-0.4, -0.2) is 16.7 Å². The van der Waals surface area contributed by atoms with Gasteiger partial charge >= 0.3 is 0 Å². The summed E-state index contributed by atoms with van der Waals surface area (Å²) in [6.07, 6.45) is 0. The fraction of sp³-hybridized carbons (Fsp3) is 0. The standard InChI is InChI=1S/C22H14ClFN2O2/c23-15-9-10-17-18(12-15)25-20(21(27)13-5-2-1-3-6-13)19(17)26-22(28)14-7-4-8-16(24)11-14/h1-12,25H,(H,26,28). The van der Waals surface area contributed by atoms with Crippen molar-refractivity contribution in [1.82, 2.24) is 4.98 Å². The summed E-state index contributed by atoms with van der Waals surface area (Å²) < 4.78 is 13.5. The fourth-order valence-corrected chi connectivity index (χ4v) is 3.19. The maximum Gasteiger partial charge on any atom is 0.255 e. The van der Waals surface area contributed by atoms with Crippen LogP contribution in [0.1, 0.15) is 26.4 Å². The highest BCUT2D eigenvalue weighted by molar-refractivity contribution is 6.31. The molecule has 0 saturated carbocycles. The summed E-state index contributed by atoms with van der Waals surface area (Å²) >= 11 is 6.06. The molecule has 1 aromatic heterocycles. The number of aromatic amines is 1. The molecule has 0 fully saturated rings. The number of benzene rings is 3. The Hall–Kier alpha value is -3.44. The fourth-order valence-electron chi connectivity index (χ4n) is 3.02. The molecule has 4 rings (SSSR count). The molecule has 0 aliphatic carbocycles. The van der Waals surface area contributed by atoms with E-state index in [0.717, 1.165) is 6.07 Å². The minimum Gasteiger partial charge on any atom is -0.350 e. The Bertz CT molecular complexity index is 1200. The monoisotopic (exact) mass is 392 g/mol. The Morgan fingerprint density at radius 2 is 1.64 bits per heavy atom. The molecule has 0 spiro atoms. The van der Waals surface area contributed by atoms with Crippen LogP contribution in [0.5, 0.6) is 0 Å². The number of anilines is 1. The van der Waals surface area contributed by atoms with E-state index in [1.165, 1.54) is 18.2 Å². The van der Waals surface area contributed by atoms with Gasteiger partial charge in [0.25, 0.3) is 5.91 Å². The number of hydrogen-bond donors (Lipinski definition) is 2. The predicted molar refractivity (Wildman–Crippen MR) is 108 cm³/mol. The average molecular weight is 393 g/mol. The van der Waals surface area contributed by atoms with Gasteiger partial charge in [-0.1, -0.05) is 48.0 Å². The largest absolute Gasteiger partial charge is 0.350 e. The van der Waals surface area contributed by atoms with Crippen molar-refractivity contribution >= 4 is 39.9 Å². The second-order valence-electron chi connectivity index (χ2n) is 6.22. The number of ketones is 1. The number of carbonyl (C=O) groups excluding carboxylic acids is 2. The maximum absolute atomic E-state index is 13.5. The molecular formula is C22H14ClFN2O2. The number of nitrogens with one attached hydrogen (secondary N) is 2. The molecule has 6 heteroatoms. The lowest BCUT2D eigenvalue weighted by Crippen LogP contribution is -2.15.